The van der Waals surface area contributed by atoms with Crippen molar-refractivity contribution in [2.24, 2.45) is 0 Å². The molecule has 5 nitrogen and oxygen atoms in total. The van der Waals surface area contributed by atoms with Gasteiger partial charge in [0.1, 0.15) is 0 Å². The number of rotatable bonds is 1. The van der Waals surface area contributed by atoms with E-state index in [-0.39, 0.29) is 4.85 Å². The molecule has 0 aromatic carbocycles. The molecule has 1 heterocycles. The average Bonchev–Trinajstić information content (AvgIpc) is 2.34. The Balaban J connectivity index is 2.77. The monoisotopic (exact) mass is 196 g/mol. The fourth-order valence-electron chi connectivity index (χ4n) is 0.514. The molecule has 0 amide bonds. The number of aromatic nitrogens is 2. The number of carbonyl (C=O) groups is 1. The van der Waals surface area contributed by atoms with Crippen LogP contribution in [-0.4, -0.2) is 22.1 Å². The van der Waals surface area contributed by atoms with E-state index in [0.29, 0.717) is 0 Å². The van der Waals surface area contributed by atoms with Crippen molar-refractivity contribution in [1.82, 2.24) is 9.94 Å². The zero-order valence-corrected chi connectivity index (χ0v) is 5.96. The summed E-state index contributed by atoms with van der Waals surface area (Å²) in [5.41, 5.74) is -0.891. The lowest BCUT2D eigenvalue weighted by Crippen LogP contribution is -2.37. The Morgan fingerprint density at radius 1 is 1.54 bits per heavy atom. The third kappa shape index (κ3) is 2.10. The molecule has 0 saturated heterocycles. The second kappa shape index (κ2) is 2.96. The van der Waals surface area contributed by atoms with Gasteiger partial charge in [-0.1, -0.05) is 4.85 Å². The van der Waals surface area contributed by atoms with E-state index in [4.69, 9.17) is 0 Å². The minimum Gasteiger partial charge on any atom is -0.308 e. The van der Waals surface area contributed by atoms with Gasteiger partial charge in [0, 0.05) is 12.3 Å². The zero-order valence-electron chi connectivity index (χ0n) is 5.96. The Bertz CT molecular complexity index is 364. The smallest absolute Gasteiger partial charge is 0.308 e. The van der Waals surface area contributed by atoms with Crippen LogP contribution in [0.25, 0.3) is 0 Å². The number of alkyl halides is 3. The lowest BCUT2D eigenvalue weighted by atomic mass is 10.7. The third-order valence-electron chi connectivity index (χ3n) is 1.02. The number of hydrogen-bond acceptors (Lipinski definition) is 3. The fraction of sp³-hybridized carbons (Fsp3) is 0.200. The lowest BCUT2D eigenvalue weighted by Gasteiger charge is -2.04. The van der Waals surface area contributed by atoms with Gasteiger partial charge in [-0.05, 0) is 0 Å². The Hall–Kier alpha value is -1.73. The van der Waals surface area contributed by atoms with Gasteiger partial charge in [0.05, 0.1) is 0 Å². The van der Waals surface area contributed by atoms with Gasteiger partial charge >= 0.3 is 17.7 Å². The molecule has 8 heteroatoms. The summed E-state index contributed by atoms with van der Waals surface area (Å²) in [7, 11) is 0. The summed E-state index contributed by atoms with van der Waals surface area (Å²) < 4.78 is 34.7. The molecule has 0 aliphatic carbocycles. The number of nitrogens with zero attached hydrogens (tertiary/aromatic N) is 1. The van der Waals surface area contributed by atoms with E-state index < -0.39 is 17.7 Å². The first-order chi connectivity index (χ1) is 5.91. The van der Waals surface area contributed by atoms with Crippen LogP contribution in [0.5, 0.6) is 0 Å². The van der Waals surface area contributed by atoms with E-state index in [1.54, 1.807) is 0 Å². The molecule has 0 unspecified atom stereocenters. The first kappa shape index (κ1) is 9.36. The summed E-state index contributed by atoms with van der Waals surface area (Å²) >= 11 is 0. The van der Waals surface area contributed by atoms with Crippen LogP contribution in [0.1, 0.15) is 0 Å². The summed E-state index contributed by atoms with van der Waals surface area (Å²) in [4.78, 5) is 24.4. The standard InChI is InChI=1S/C5H3F3N2O3/c6-5(7,8)4(12)13-10-3(11)1-2-9-10/h1-2,9H. The van der Waals surface area contributed by atoms with Crippen molar-refractivity contribution in [2.45, 2.75) is 6.18 Å². The van der Waals surface area contributed by atoms with Crippen LogP contribution >= 0.6 is 0 Å². The topological polar surface area (TPSA) is 64.1 Å². The second-order valence-electron chi connectivity index (χ2n) is 1.97. The molecule has 0 atom stereocenters. The van der Waals surface area contributed by atoms with Crippen molar-refractivity contribution in [3.63, 3.8) is 0 Å². The molecule has 0 spiro atoms. The first-order valence-electron chi connectivity index (χ1n) is 2.97. The molecule has 0 aliphatic heterocycles. The van der Waals surface area contributed by atoms with E-state index >= 15 is 0 Å². The SMILES string of the molecule is O=C(On1[nH]ccc1=O)C(F)(F)F. The maximum atomic E-state index is 11.6. The third-order valence-corrected chi connectivity index (χ3v) is 1.02. The van der Waals surface area contributed by atoms with Crippen LogP contribution in [0.2, 0.25) is 0 Å². The van der Waals surface area contributed by atoms with Crippen LogP contribution in [-0.2, 0) is 4.79 Å². The second-order valence-corrected chi connectivity index (χ2v) is 1.97. The maximum absolute atomic E-state index is 11.6. The molecular formula is C5H3F3N2O3. The normalized spacial score (nSPS) is 11.3. The summed E-state index contributed by atoms with van der Waals surface area (Å²) in [6, 6.07) is 0.906. The summed E-state index contributed by atoms with van der Waals surface area (Å²) in [5, 5.41) is 1.97. The summed E-state index contributed by atoms with van der Waals surface area (Å²) in [6.07, 6.45) is -4.09. The minimum absolute atomic E-state index is 0.0792. The lowest BCUT2D eigenvalue weighted by molar-refractivity contribution is -0.201. The number of nitrogens with one attached hydrogen (secondary N) is 1. The molecule has 0 aliphatic rings. The first-order valence-corrected chi connectivity index (χ1v) is 2.97. The molecule has 0 bridgehead atoms. The van der Waals surface area contributed by atoms with Crippen molar-refractivity contribution in [2.75, 3.05) is 0 Å². The van der Waals surface area contributed by atoms with Gasteiger partial charge in [0.25, 0.3) is 0 Å². The maximum Gasteiger partial charge on any atom is 0.493 e. The summed E-state index contributed by atoms with van der Waals surface area (Å²) in [5.74, 6) is -2.46. The van der Waals surface area contributed by atoms with Crippen LogP contribution in [0.3, 0.4) is 0 Å². The molecule has 1 N–H and O–H groups in total. The zero-order chi connectivity index (χ0) is 10.1. The van der Waals surface area contributed by atoms with Crippen molar-refractivity contribution >= 4 is 5.97 Å². The Morgan fingerprint density at radius 3 is 2.54 bits per heavy atom. The molecule has 1 rings (SSSR count). The number of hydrogen-bond donors (Lipinski definition) is 1. The van der Waals surface area contributed by atoms with E-state index in [2.05, 4.69) is 4.84 Å². The molecule has 13 heavy (non-hydrogen) atoms. The molecule has 0 saturated carbocycles. The van der Waals surface area contributed by atoms with Gasteiger partial charge in [-0.25, -0.2) is 4.79 Å². The molecule has 0 fully saturated rings. The van der Waals surface area contributed by atoms with Crippen molar-refractivity contribution in [3.05, 3.63) is 22.6 Å². The van der Waals surface area contributed by atoms with Crippen LogP contribution in [0.15, 0.2) is 17.1 Å². The average molecular weight is 196 g/mol. The van der Waals surface area contributed by atoms with E-state index in [1.807, 2.05) is 5.10 Å². The van der Waals surface area contributed by atoms with E-state index in [1.165, 1.54) is 0 Å². The Labute approximate surface area is 68.7 Å². The number of halogens is 3. The molecule has 1 aromatic rings. The highest BCUT2D eigenvalue weighted by molar-refractivity contribution is 5.75. The number of carbonyl (C=O) groups excluding carboxylic acids is 1. The van der Waals surface area contributed by atoms with Crippen LogP contribution in [0.4, 0.5) is 13.2 Å². The molecule has 72 valence electrons. The highest BCUT2D eigenvalue weighted by atomic mass is 19.4. The fourth-order valence-corrected chi connectivity index (χ4v) is 0.514. The van der Waals surface area contributed by atoms with Gasteiger partial charge in [0.2, 0.25) is 0 Å². The van der Waals surface area contributed by atoms with E-state index in [0.717, 1.165) is 12.3 Å². The predicted molar refractivity (Wildman–Crippen MR) is 32.7 cm³/mol. The number of aromatic amines is 1. The van der Waals surface area contributed by atoms with Crippen LogP contribution in [0, 0.1) is 0 Å². The molecular weight excluding hydrogens is 193 g/mol. The van der Waals surface area contributed by atoms with Gasteiger partial charge in [-0.15, -0.1) is 0 Å². The Kier molecular flexibility index (Phi) is 2.13. The van der Waals surface area contributed by atoms with Crippen molar-refractivity contribution in [1.29, 1.82) is 0 Å². The largest absolute Gasteiger partial charge is 0.493 e. The van der Waals surface area contributed by atoms with Gasteiger partial charge in [0.15, 0.2) is 0 Å². The van der Waals surface area contributed by atoms with Crippen molar-refractivity contribution in [3.8, 4) is 0 Å². The molecule has 1 aromatic heterocycles. The molecule has 0 radical (unpaired) electrons. The summed E-state index contributed by atoms with van der Waals surface area (Å²) in [6.45, 7) is 0. The highest BCUT2D eigenvalue weighted by Crippen LogP contribution is 2.14. The predicted octanol–water partition coefficient (Wildman–Crippen LogP) is -0.306. The van der Waals surface area contributed by atoms with Crippen LogP contribution < -0.4 is 10.4 Å². The van der Waals surface area contributed by atoms with Crippen molar-refractivity contribution < 1.29 is 22.8 Å². The number of H-pyrrole nitrogens is 1. The van der Waals surface area contributed by atoms with Gasteiger partial charge in [-0.2, -0.15) is 13.2 Å². The van der Waals surface area contributed by atoms with Gasteiger partial charge in [-0.3, -0.25) is 9.89 Å². The Morgan fingerprint density at radius 2 is 2.15 bits per heavy atom. The van der Waals surface area contributed by atoms with E-state index in [9.17, 15) is 22.8 Å². The van der Waals surface area contributed by atoms with Gasteiger partial charge < -0.3 is 4.84 Å². The minimum atomic E-state index is -5.12. The highest BCUT2D eigenvalue weighted by Gasteiger charge is 2.42. The quantitative estimate of drug-likeness (QED) is 0.670.